The maximum absolute atomic E-state index is 13.4. The Morgan fingerprint density at radius 2 is 1.77 bits per heavy atom. The minimum absolute atomic E-state index is 0.0604. The lowest BCUT2D eigenvalue weighted by molar-refractivity contribution is -0.124. The first kappa shape index (κ1) is 20.3. The molecule has 1 aliphatic heterocycles. The molecular weight excluding hydrogens is 398 g/mol. The van der Waals surface area contributed by atoms with E-state index in [4.69, 9.17) is 17.0 Å². The zero-order valence-corrected chi connectivity index (χ0v) is 17.7. The van der Waals surface area contributed by atoms with Crippen LogP contribution in [0.1, 0.15) is 32.1 Å². The van der Waals surface area contributed by atoms with Crippen molar-refractivity contribution in [1.82, 2.24) is 4.90 Å². The first-order chi connectivity index (χ1) is 14.6. The molecule has 2 aromatic rings. The number of para-hydroxylation sites is 1. The lowest BCUT2D eigenvalue weighted by atomic mass is 10.1. The first-order valence-corrected chi connectivity index (χ1v) is 10.6. The molecule has 30 heavy (non-hydrogen) atoms. The molecule has 0 radical (unpaired) electrons. The number of carbonyl (C=O) groups is 2. The van der Waals surface area contributed by atoms with Crippen LogP contribution in [0.25, 0.3) is 0 Å². The van der Waals surface area contributed by atoms with Gasteiger partial charge in [-0.3, -0.25) is 14.5 Å². The van der Waals surface area contributed by atoms with E-state index < -0.39 is 6.04 Å². The molecule has 6 nitrogen and oxygen atoms in total. The molecule has 1 saturated carbocycles. The van der Waals surface area contributed by atoms with Crippen LogP contribution in [0.15, 0.2) is 54.6 Å². The number of hydrogen-bond donors (Lipinski definition) is 1. The van der Waals surface area contributed by atoms with Gasteiger partial charge in [-0.15, -0.1) is 0 Å². The van der Waals surface area contributed by atoms with Crippen LogP contribution in [-0.2, 0) is 9.59 Å². The summed E-state index contributed by atoms with van der Waals surface area (Å²) in [4.78, 5) is 29.7. The summed E-state index contributed by atoms with van der Waals surface area (Å²) in [7, 11) is 1.60. The van der Waals surface area contributed by atoms with E-state index in [-0.39, 0.29) is 24.3 Å². The highest BCUT2D eigenvalue weighted by Crippen LogP contribution is 2.34. The van der Waals surface area contributed by atoms with Crippen molar-refractivity contribution in [2.45, 2.75) is 44.2 Å². The number of methoxy groups -OCH3 is 1. The molecule has 0 bridgehead atoms. The quantitative estimate of drug-likeness (QED) is 0.713. The highest BCUT2D eigenvalue weighted by molar-refractivity contribution is 7.80. The summed E-state index contributed by atoms with van der Waals surface area (Å²) in [6, 6.07) is 16.2. The minimum Gasteiger partial charge on any atom is -0.497 e. The van der Waals surface area contributed by atoms with Crippen molar-refractivity contribution in [1.29, 1.82) is 0 Å². The lowest BCUT2D eigenvalue weighted by Crippen LogP contribution is -2.43. The zero-order chi connectivity index (χ0) is 21.1. The van der Waals surface area contributed by atoms with Crippen LogP contribution < -0.4 is 15.0 Å². The Morgan fingerprint density at radius 1 is 1.10 bits per heavy atom. The van der Waals surface area contributed by atoms with Gasteiger partial charge in [0.05, 0.1) is 19.2 Å². The summed E-state index contributed by atoms with van der Waals surface area (Å²) >= 11 is 5.73. The highest BCUT2D eigenvalue weighted by atomic mass is 32.1. The Morgan fingerprint density at radius 3 is 2.40 bits per heavy atom. The van der Waals surface area contributed by atoms with Crippen LogP contribution in [0.3, 0.4) is 0 Å². The molecule has 1 saturated heterocycles. The maximum Gasteiger partial charge on any atom is 0.256 e. The SMILES string of the molecule is COc1ccc(NC(=O)CC2C(=O)N(c3ccccc3)C(=S)N2C2CCCC2)cc1. The number of nitrogens with one attached hydrogen (secondary N) is 1. The second kappa shape index (κ2) is 8.83. The average molecular weight is 424 g/mol. The third-order valence-corrected chi connectivity index (χ3v) is 6.13. The topological polar surface area (TPSA) is 61.9 Å². The molecule has 7 heteroatoms. The fourth-order valence-electron chi connectivity index (χ4n) is 4.27. The van der Waals surface area contributed by atoms with Gasteiger partial charge in [0.25, 0.3) is 5.91 Å². The standard InChI is InChI=1S/C23H25N3O3S/c1-29-19-13-11-16(12-14-19)24-21(27)15-20-22(28)26(18-7-3-2-4-8-18)23(30)25(20)17-9-5-6-10-17/h2-4,7-8,11-14,17,20H,5-6,9-10,15H2,1H3,(H,24,27). The Kier molecular flexibility index (Phi) is 5.99. The number of benzene rings is 2. The average Bonchev–Trinajstić information content (AvgIpc) is 3.36. The molecule has 2 aromatic carbocycles. The summed E-state index contributed by atoms with van der Waals surface area (Å²) in [5.74, 6) is 0.373. The molecule has 2 fully saturated rings. The molecule has 156 valence electrons. The summed E-state index contributed by atoms with van der Waals surface area (Å²) in [5.41, 5.74) is 1.41. The lowest BCUT2D eigenvalue weighted by Gasteiger charge is -2.30. The van der Waals surface area contributed by atoms with Crippen LogP contribution in [0, 0.1) is 0 Å². The molecule has 4 rings (SSSR count). The Labute approximate surface area is 181 Å². The van der Waals surface area contributed by atoms with Crippen LogP contribution in [-0.4, -0.2) is 41.0 Å². The number of thiocarbonyl (C=S) groups is 1. The van der Waals surface area contributed by atoms with E-state index in [0.717, 1.165) is 37.1 Å². The maximum atomic E-state index is 13.4. The molecule has 2 aliphatic rings. The number of amides is 2. The molecule has 1 atom stereocenters. The van der Waals surface area contributed by atoms with Gasteiger partial charge < -0.3 is 15.0 Å². The molecular formula is C23H25N3O3S. The van der Waals surface area contributed by atoms with Crippen molar-refractivity contribution in [2.75, 3.05) is 17.3 Å². The van der Waals surface area contributed by atoms with Crippen molar-refractivity contribution >= 4 is 40.5 Å². The summed E-state index contributed by atoms with van der Waals surface area (Å²) in [6.45, 7) is 0. The Hall–Kier alpha value is -2.93. The van der Waals surface area contributed by atoms with Gasteiger partial charge in [0.2, 0.25) is 5.91 Å². The van der Waals surface area contributed by atoms with Gasteiger partial charge in [-0.25, -0.2) is 0 Å². The number of ether oxygens (including phenoxy) is 1. The third-order valence-electron chi connectivity index (χ3n) is 5.74. The van der Waals surface area contributed by atoms with E-state index in [9.17, 15) is 9.59 Å². The van der Waals surface area contributed by atoms with Crippen molar-refractivity contribution in [3.63, 3.8) is 0 Å². The van der Waals surface area contributed by atoms with Gasteiger partial charge in [0.1, 0.15) is 11.8 Å². The number of carbonyl (C=O) groups excluding carboxylic acids is 2. The van der Waals surface area contributed by atoms with Crippen molar-refractivity contribution in [3.8, 4) is 5.75 Å². The molecule has 1 unspecified atom stereocenters. The third kappa shape index (κ3) is 4.03. The monoisotopic (exact) mass is 423 g/mol. The Bertz CT molecular complexity index is 926. The normalized spacial score (nSPS) is 19.4. The summed E-state index contributed by atoms with van der Waals surface area (Å²) in [5, 5.41) is 3.39. The number of hydrogen-bond acceptors (Lipinski definition) is 4. The number of nitrogens with zero attached hydrogens (tertiary/aromatic N) is 2. The van der Waals surface area contributed by atoms with Crippen LogP contribution in [0.5, 0.6) is 5.75 Å². The fraction of sp³-hybridized carbons (Fsp3) is 0.348. The van der Waals surface area contributed by atoms with Gasteiger partial charge in [0.15, 0.2) is 5.11 Å². The van der Waals surface area contributed by atoms with Gasteiger partial charge in [0, 0.05) is 11.7 Å². The van der Waals surface area contributed by atoms with Crippen molar-refractivity contribution < 1.29 is 14.3 Å². The smallest absolute Gasteiger partial charge is 0.256 e. The van der Waals surface area contributed by atoms with Gasteiger partial charge in [-0.1, -0.05) is 31.0 Å². The second-order valence-electron chi connectivity index (χ2n) is 7.63. The van der Waals surface area contributed by atoms with Crippen molar-refractivity contribution in [3.05, 3.63) is 54.6 Å². The molecule has 0 aromatic heterocycles. The fourth-order valence-corrected chi connectivity index (χ4v) is 4.74. The van der Waals surface area contributed by atoms with E-state index in [1.54, 1.807) is 36.3 Å². The summed E-state index contributed by atoms with van der Waals surface area (Å²) in [6.07, 6.45) is 4.28. The number of anilines is 2. The van der Waals surface area contributed by atoms with Crippen LogP contribution in [0.4, 0.5) is 11.4 Å². The van der Waals surface area contributed by atoms with Gasteiger partial charge in [-0.2, -0.15) is 0 Å². The summed E-state index contributed by atoms with van der Waals surface area (Å²) < 4.78 is 5.15. The van der Waals surface area contributed by atoms with Gasteiger partial charge in [-0.05, 0) is 61.5 Å². The zero-order valence-electron chi connectivity index (χ0n) is 16.9. The van der Waals surface area contributed by atoms with E-state index in [2.05, 4.69) is 5.32 Å². The molecule has 2 amide bonds. The predicted molar refractivity (Wildman–Crippen MR) is 121 cm³/mol. The molecule has 1 N–H and O–H groups in total. The highest BCUT2D eigenvalue weighted by Gasteiger charge is 2.47. The second-order valence-corrected chi connectivity index (χ2v) is 8.00. The molecule has 0 spiro atoms. The van der Waals surface area contributed by atoms with E-state index in [1.807, 2.05) is 35.2 Å². The minimum atomic E-state index is -0.584. The van der Waals surface area contributed by atoms with Crippen LogP contribution >= 0.6 is 12.2 Å². The van der Waals surface area contributed by atoms with Gasteiger partial charge >= 0.3 is 0 Å². The van der Waals surface area contributed by atoms with E-state index in [1.165, 1.54) is 0 Å². The van der Waals surface area contributed by atoms with Crippen LogP contribution in [0.2, 0.25) is 0 Å². The molecule has 1 aliphatic carbocycles. The first-order valence-electron chi connectivity index (χ1n) is 10.2. The van der Waals surface area contributed by atoms with E-state index in [0.29, 0.717) is 10.8 Å². The predicted octanol–water partition coefficient (Wildman–Crippen LogP) is 3.97. The van der Waals surface area contributed by atoms with E-state index >= 15 is 0 Å². The largest absolute Gasteiger partial charge is 0.497 e. The Balaban J connectivity index is 1.54. The van der Waals surface area contributed by atoms with Crippen molar-refractivity contribution in [2.24, 2.45) is 0 Å². The molecule has 1 heterocycles. The number of rotatable bonds is 6.